The average Bonchev–Trinajstić information content (AvgIpc) is 2.37. The van der Waals surface area contributed by atoms with Crippen LogP contribution in [-0.4, -0.2) is 23.3 Å². The van der Waals surface area contributed by atoms with E-state index in [1.54, 1.807) is 0 Å². The fourth-order valence-corrected chi connectivity index (χ4v) is 1.63. The fraction of sp³-hybridized carbons (Fsp3) is 0.231. The maximum atomic E-state index is 12.4. The van der Waals surface area contributed by atoms with Gasteiger partial charge in [-0.15, -0.1) is 0 Å². The first-order valence-electron chi connectivity index (χ1n) is 5.74. The number of halogens is 5. The minimum absolute atomic E-state index is 0.145. The van der Waals surface area contributed by atoms with E-state index in [0.717, 1.165) is 24.3 Å². The highest BCUT2D eigenvalue weighted by molar-refractivity contribution is 6.18. The second-order valence-electron chi connectivity index (χ2n) is 4.24. The number of hydrogen-bond donors (Lipinski definition) is 2. The molecule has 1 rings (SSSR count). The Hall–Kier alpha value is -2.45. The van der Waals surface area contributed by atoms with Gasteiger partial charge in [-0.1, -0.05) is 12.1 Å². The summed E-state index contributed by atoms with van der Waals surface area (Å²) in [5.41, 5.74) is 2.63. The van der Waals surface area contributed by atoms with Crippen molar-refractivity contribution in [1.29, 1.82) is 0 Å². The summed E-state index contributed by atoms with van der Waals surface area (Å²) in [7, 11) is 0. The summed E-state index contributed by atoms with van der Waals surface area (Å²) in [6.07, 6.45) is -8.53. The molecule has 0 fully saturated rings. The second-order valence-corrected chi connectivity index (χ2v) is 4.24. The van der Waals surface area contributed by atoms with E-state index in [4.69, 9.17) is 10.8 Å². The Labute approximate surface area is 121 Å². The van der Waals surface area contributed by atoms with Crippen molar-refractivity contribution < 1.29 is 36.6 Å². The summed E-state index contributed by atoms with van der Waals surface area (Å²) in [6.45, 7) is 0. The van der Waals surface area contributed by atoms with Gasteiger partial charge in [-0.3, -0.25) is 4.79 Å². The molecule has 0 aromatic heterocycles. The van der Waals surface area contributed by atoms with E-state index < -0.39 is 47.6 Å². The van der Waals surface area contributed by atoms with E-state index in [1.165, 1.54) is 0 Å². The molecule has 4 nitrogen and oxygen atoms in total. The van der Waals surface area contributed by atoms with Crippen LogP contribution in [0, 0.1) is 0 Å². The highest BCUT2D eigenvalue weighted by Crippen LogP contribution is 2.29. The molecule has 0 unspecified atom stereocenters. The second kappa shape index (κ2) is 6.54. The average molecular weight is 323 g/mol. The molecule has 0 atom stereocenters. The van der Waals surface area contributed by atoms with Gasteiger partial charge >= 0.3 is 18.6 Å². The molecule has 0 aliphatic heterocycles. The molecule has 1 aromatic rings. The van der Waals surface area contributed by atoms with Crippen molar-refractivity contribution >= 4 is 11.8 Å². The molecule has 9 heteroatoms. The number of benzene rings is 1. The number of Topliss-reactive ketones (excluding diaryl/α,β-unsaturated/α-hetero) is 1. The molecule has 0 radical (unpaired) electrons. The van der Waals surface area contributed by atoms with Gasteiger partial charge in [-0.2, -0.15) is 13.2 Å². The number of carboxylic acids is 1. The zero-order chi connectivity index (χ0) is 17.1. The van der Waals surface area contributed by atoms with Crippen LogP contribution in [0.3, 0.4) is 0 Å². The molecule has 22 heavy (non-hydrogen) atoms. The van der Waals surface area contributed by atoms with E-state index in [2.05, 4.69) is 0 Å². The van der Waals surface area contributed by atoms with Crippen LogP contribution in [-0.2, 0) is 22.2 Å². The summed E-state index contributed by atoms with van der Waals surface area (Å²) < 4.78 is 61.7. The van der Waals surface area contributed by atoms with Gasteiger partial charge in [0, 0.05) is 12.1 Å². The standard InChI is InChI=1S/C13H10F5NO3/c14-11(15)10(20)9(12(21)22)8(19)5-6-1-3-7(4-2-6)13(16,17)18/h1-4,11H,5,19H2,(H,21,22)/b9-8-. The Morgan fingerprint density at radius 1 is 1.14 bits per heavy atom. The molecular weight excluding hydrogens is 313 g/mol. The maximum Gasteiger partial charge on any atom is 0.416 e. The molecule has 0 aliphatic rings. The number of hydrogen-bond acceptors (Lipinski definition) is 3. The van der Waals surface area contributed by atoms with Crippen LogP contribution in [0.2, 0.25) is 0 Å². The van der Waals surface area contributed by atoms with Crippen molar-refractivity contribution in [3.05, 3.63) is 46.7 Å². The van der Waals surface area contributed by atoms with Crippen molar-refractivity contribution in [3.8, 4) is 0 Å². The van der Waals surface area contributed by atoms with Crippen LogP contribution < -0.4 is 5.73 Å². The van der Waals surface area contributed by atoms with Gasteiger partial charge in [0.1, 0.15) is 5.57 Å². The SMILES string of the molecule is N/C(Cc1ccc(C(F)(F)F)cc1)=C(\C(=O)O)C(=O)C(F)F. The molecule has 120 valence electrons. The number of allylic oxidation sites excluding steroid dienone is 1. The van der Waals surface area contributed by atoms with Gasteiger partial charge in [0.05, 0.1) is 5.56 Å². The lowest BCUT2D eigenvalue weighted by atomic mass is 10.0. The summed E-state index contributed by atoms with van der Waals surface area (Å²) >= 11 is 0. The molecule has 0 spiro atoms. The van der Waals surface area contributed by atoms with Gasteiger partial charge in [-0.05, 0) is 17.7 Å². The lowest BCUT2D eigenvalue weighted by molar-refractivity contribution is -0.138. The molecule has 0 bridgehead atoms. The minimum atomic E-state index is -4.54. The number of aliphatic carboxylic acids is 1. The van der Waals surface area contributed by atoms with Gasteiger partial charge in [0.25, 0.3) is 0 Å². The smallest absolute Gasteiger partial charge is 0.416 e. The molecular formula is C13H10F5NO3. The summed E-state index contributed by atoms with van der Waals surface area (Å²) in [5, 5.41) is 8.75. The first-order chi connectivity index (χ1) is 10.0. The van der Waals surface area contributed by atoms with E-state index in [1.807, 2.05) is 0 Å². The van der Waals surface area contributed by atoms with Crippen molar-refractivity contribution in [2.45, 2.75) is 19.0 Å². The Morgan fingerprint density at radius 2 is 1.64 bits per heavy atom. The predicted octanol–water partition coefficient (Wildman–Crippen LogP) is 2.38. The largest absolute Gasteiger partial charge is 0.477 e. The van der Waals surface area contributed by atoms with E-state index >= 15 is 0 Å². The third kappa shape index (κ3) is 4.27. The van der Waals surface area contributed by atoms with Gasteiger partial charge in [0.15, 0.2) is 0 Å². The predicted molar refractivity (Wildman–Crippen MR) is 65.0 cm³/mol. The van der Waals surface area contributed by atoms with Gasteiger partial charge in [-0.25, -0.2) is 13.6 Å². The lowest BCUT2D eigenvalue weighted by Gasteiger charge is -2.09. The lowest BCUT2D eigenvalue weighted by Crippen LogP contribution is -2.24. The number of nitrogens with two attached hydrogens (primary N) is 1. The zero-order valence-corrected chi connectivity index (χ0v) is 10.8. The molecule has 3 N–H and O–H groups in total. The van der Waals surface area contributed by atoms with Crippen LogP contribution in [0.4, 0.5) is 22.0 Å². The van der Waals surface area contributed by atoms with Crippen LogP contribution in [0.5, 0.6) is 0 Å². The van der Waals surface area contributed by atoms with Crippen molar-refractivity contribution in [2.24, 2.45) is 5.73 Å². The van der Waals surface area contributed by atoms with Crippen molar-refractivity contribution in [3.63, 3.8) is 0 Å². The fourth-order valence-electron chi connectivity index (χ4n) is 1.63. The summed E-state index contributed by atoms with van der Waals surface area (Å²) in [4.78, 5) is 21.9. The van der Waals surface area contributed by atoms with Crippen molar-refractivity contribution in [1.82, 2.24) is 0 Å². The van der Waals surface area contributed by atoms with Gasteiger partial charge < -0.3 is 10.8 Å². The zero-order valence-electron chi connectivity index (χ0n) is 10.8. The topological polar surface area (TPSA) is 80.4 Å². The van der Waals surface area contributed by atoms with E-state index in [0.29, 0.717) is 0 Å². The van der Waals surface area contributed by atoms with Gasteiger partial charge in [0.2, 0.25) is 5.78 Å². The molecule has 0 aliphatic carbocycles. The highest BCUT2D eigenvalue weighted by Gasteiger charge is 2.30. The van der Waals surface area contributed by atoms with Crippen LogP contribution in [0.15, 0.2) is 35.5 Å². The number of carbonyl (C=O) groups is 2. The molecule has 0 amide bonds. The number of rotatable bonds is 5. The monoisotopic (exact) mass is 323 g/mol. The number of alkyl halides is 5. The number of carbonyl (C=O) groups excluding carboxylic acids is 1. The normalized spacial score (nSPS) is 13.0. The molecule has 0 saturated carbocycles. The van der Waals surface area contributed by atoms with Crippen molar-refractivity contribution in [2.75, 3.05) is 0 Å². The maximum absolute atomic E-state index is 12.4. The first kappa shape index (κ1) is 17.6. The van der Waals surface area contributed by atoms with E-state index in [-0.39, 0.29) is 5.56 Å². The highest BCUT2D eigenvalue weighted by atomic mass is 19.4. The Bertz CT molecular complexity index is 605. The molecule has 0 saturated heterocycles. The third-order valence-electron chi connectivity index (χ3n) is 2.66. The Morgan fingerprint density at radius 3 is 2.00 bits per heavy atom. The summed E-state index contributed by atoms with van der Waals surface area (Å²) in [6, 6.07) is 3.50. The quantitative estimate of drug-likeness (QED) is 0.377. The Kier molecular flexibility index (Phi) is 5.23. The van der Waals surface area contributed by atoms with Crippen LogP contribution in [0.25, 0.3) is 0 Å². The molecule has 1 aromatic carbocycles. The summed E-state index contributed by atoms with van der Waals surface area (Å²) in [5.74, 6) is -3.87. The Balaban J connectivity index is 3.08. The van der Waals surface area contributed by atoms with Crippen LogP contribution >= 0.6 is 0 Å². The van der Waals surface area contributed by atoms with Crippen LogP contribution in [0.1, 0.15) is 11.1 Å². The molecule has 0 heterocycles. The minimum Gasteiger partial charge on any atom is -0.477 e. The number of carboxylic acid groups (broad SMARTS) is 1. The first-order valence-corrected chi connectivity index (χ1v) is 5.74. The number of ketones is 1. The third-order valence-corrected chi connectivity index (χ3v) is 2.66. The van der Waals surface area contributed by atoms with E-state index in [9.17, 15) is 31.5 Å².